The van der Waals surface area contributed by atoms with Crippen molar-refractivity contribution in [2.45, 2.75) is 96.4 Å². The van der Waals surface area contributed by atoms with E-state index in [0.717, 1.165) is 153 Å². The maximum atomic E-state index is 13.8. The van der Waals surface area contributed by atoms with E-state index in [0.29, 0.717) is 69.4 Å². The molecule has 0 unspecified atom stereocenters. The molecule has 97 heavy (non-hydrogen) atoms. The van der Waals surface area contributed by atoms with E-state index in [2.05, 4.69) is 59.6 Å². The van der Waals surface area contributed by atoms with Crippen LogP contribution in [0.25, 0.3) is 5.57 Å². The second kappa shape index (κ2) is 30.8. The maximum Gasteiger partial charge on any atom is 0.336 e. The van der Waals surface area contributed by atoms with Gasteiger partial charge in [0.15, 0.2) is 0 Å². The summed E-state index contributed by atoms with van der Waals surface area (Å²) < 4.78 is 26.7. The summed E-state index contributed by atoms with van der Waals surface area (Å²) in [5.74, 6) is 5.98. The molecule has 0 atom stereocenters. The zero-order valence-electron chi connectivity index (χ0n) is 54.7. The van der Waals surface area contributed by atoms with Gasteiger partial charge < -0.3 is 54.9 Å². The summed E-state index contributed by atoms with van der Waals surface area (Å²) >= 11 is 0. The van der Waals surface area contributed by atoms with Crippen LogP contribution in [0.4, 0.5) is 22.7 Å². The lowest BCUT2D eigenvalue weighted by Gasteiger charge is -2.39. The van der Waals surface area contributed by atoms with Crippen molar-refractivity contribution in [2.75, 3.05) is 95.3 Å². The topological polar surface area (TPSA) is 233 Å². The molecule has 0 bridgehead atoms. The van der Waals surface area contributed by atoms with Crippen molar-refractivity contribution in [2.24, 2.45) is 10.2 Å². The summed E-state index contributed by atoms with van der Waals surface area (Å²) in [6, 6.07) is 36.6. The molecule has 4 amide bonds. The molecular weight excluding hydrogens is 1220 g/mol. The Labute approximate surface area is 564 Å². The fraction of sp³-hybridized carbons (Fsp3) is 0.359. The number of phenolic OH excluding ortho intramolecular Hbond substituents is 1. The average Bonchev–Trinajstić information content (AvgIpc) is 0.711. The third kappa shape index (κ3) is 15.2. The normalized spacial score (nSPS) is 14.6. The number of aromatic hydroxyl groups is 1. The van der Waals surface area contributed by atoms with Crippen LogP contribution >= 0.6 is 0 Å². The Morgan fingerprint density at radius 3 is 2.13 bits per heavy atom. The Morgan fingerprint density at radius 1 is 0.598 bits per heavy atom. The Morgan fingerprint density at radius 2 is 1.31 bits per heavy atom. The predicted octanol–water partition coefficient (Wildman–Crippen LogP) is 9.71. The molecule has 19 nitrogen and oxygen atoms in total. The third-order valence-corrected chi connectivity index (χ3v) is 18.9. The number of amides is 4. The van der Waals surface area contributed by atoms with Gasteiger partial charge in [-0.2, -0.15) is 5.11 Å². The summed E-state index contributed by atoms with van der Waals surface area (Å²) in [5, 5.41) is 41.3. The third-order valence-electron chi connectivity index (χ3n) is 18.9. The number of nitrogens with one attached hydrogen (secondary N) is 3. The molecule has 0 aromatic heterocycles. The number of carbonyl (C=O) groups excluding carboxylic acids is 4. The van der Waals surface area contributed by atoms with Crippen LogP contribution < -0.4 is 45.6 Å². The van der Waals surface area contributed by atoms with Crippen molar-refractivity contribution in [1.29, 1.82) is 0 Å². The molecule has 5 N–H and O–H groups in total. The number of unbranched alkanes of at least 4 members (excludes halogenated alkanes) is 2. The number of fused-ring (bicyclic) bond motifs is 6. The van der Waals surface area contributed by atoms with Crippen LogP contribution in [-0.2, 0) is 62.4 Å². The zero-order valence-corrected chi connectivity index (χ0v) is 54.7. The van der Waals surface area contributed by atoms with Gasteiger partial charge in [0.2, 0.25) is 17.2 Å². The van der Waals surface area contributed by atoms with Crippen LogP contribution in [0.5, 0.6) is 17.2 Å². The van der Waals surface area contributed by atoms with Gasteiger partial charge in [0.1, 0.15) is 36.0 Å². The summed E-state index contributed by atoms with van der Waals surface area (Å²) in [4.78, 5) is 70.2. The largest absolute Gasteiger partial charge is 0.506 e. The number of para-hydroxylation sites is 1. The smallest absolute Gasteiger partial charge is 0.336 e. The quantitative estimate of drug-likeness (QED) is 0.0140. The van der Waals surface area contributed by atoms with E-state index in [1.807, 2.05) is 48.5 Å². The molecule has 0 fully saturated rings. The Bertz CT molecular complexity index is 4410. The number of aryl methyl sites for hydroxylation is 2. The molecule has 0 aliphatic carbocycles. The Balaban J connectivity index is 0.504. The molecule has 0 saturated heterocycles. The highest BCUT2D eigenvalue weighted by atomic mass is 16.5. The minimum Gasteiger partial charge on any atom is -0.506 e. The number of hydrogen-bond acceptors (Lipinski definition) is 13. The van der Waals surface area contributed by atoms with Crippen LogP contribution in [0.2, 0.25) is 0 Å². The number of anilines is 2. The van der Waals surface area contributed by atoms with Gasteiger partial charge in [0, 0.05) is 127 Å². The number of nitrogens with zero attached hydrogens (tertiary/aromatic N) is 5. The lowest BCUT2D eigenvalue weighted by Crippen LogP contribution is -2.45. The molecular formula is C78H81N8O11+. The summed E-state index contributed by atoms with van der Waals surface area (Å²) in [6.07, 6.45) is 11.2. The molecule has 0 radical (unpaired) electrons. The van der Waals surface area contributed by atoms with Gasteiger partial charge in [0.05, 0.1) is 55.5 Å². The molecule has 0 saturated carbocycles. The van der Waals surface area contributed by atoms with Gasteiger partial charge in [-0.15, -0.1) is 5.11 Å². The molecule has 6 aliphatic heterocycles. The van der Waals surface area contributed by atoms with E-state index < -0.39 is 11.9 Å². The highest BCUT2D eigenvalue weighted by Crippen LogP contribution is 2.49. The van der Waals surface area contributed by atoms with E-state index in [1.165, 1.54) is 39.4 Å². The van der Waals surface area contributed by atoms with E-state index in [1.54, 1.807) is 59.5 Å². The first-order valence-corrected chi connectivity index (χ1v) is 34.2. The summed E-state index contributed by atoms with van der Waals surface area (Å²) in [5.41, 5.74) is 14.3. The molecule has 6 aliphatic rings. The monoisotopic (exact) mass is 1310 g/mol. The highest BCUT2D eigenvalue weighted by Gasteiger charge is 2.37. The van der Waals surface area contributed by atoms with Crippen LogP contribution in [0, 0.1) is 11.8 Å². The zero-order chi connectivity index (χ0) is 66.6. The number of ether oxygens (including phenoxy) is 4. The van der Waals surface area contributed by atoms with E-state index >= 15 is 0 Å². The highest BCUT2D eigenvalue weighted by molar-refractivity contribution is 6.03. The van der Waals surface area contributed by atoms with Crippen molar-refractivity contribution < 1.29 is 53.1 Å². The van der Waals surface area contributed by atoms with Crippen molar-refractivity contribution in [3.8, 4) is 29.1 Å². The van der Waals surface area contributed by atoms with Crippen LogP contribution in [0.3, 0.4) is 0 Å². The average molecular weight is 1310 g/mol. The van der Waals surface area contributed by atoms with Gasteiger partial charge in [-0.05, 0) is 165 Å². The number of carboxylic acids is 1. The van der Waals surface area contributed by atoms with Crippen molar-refractivity contribution >= 4 is 57.9 Å². The lowest BCUT2D eigenvalue weighted by atomic mass is 9.81. The fourth-order valence-electron chi connectivity index (χ4n) is 14.2. The number of carbonyl (C=O) groups is 5. The lowest BCUT2D eigenvalue weighted by molar-refractivity contribution is -0.122. The minimum absolute atomic E-state index is 0.0538. The molecule has 498 valence electrons. The Kier molecular flexibility index (Phi) is 20.9. The summed E-state index contributed by atoms with van der Waals surface area (Å²) in [7, 11) is 0. The first-order valence-electron chi connectivity index (χ1n) is 34.2. The number of azo groups is 1. The second-order valence-electron chi connectivity index (χ2n) is 25.4. The maximum absolute atomic E-state index is 13.8. The van der Waals surface area contributed by atoms with Crippen molar-refractivity contribution in [3.05, 3.63) is 204 Å². The number of aromatic carboxylic acids is 1. The number of benzene rings is 7. The molecule has 13 rings (SSSR count). The number of phenols is 1. The van der Waals surface area contributed by atoms with E-state index in [9.17, 15) is 34.2 Å². The molecule has 7 aromatic carbocycles. The Hall–Kier alpha value is -10.0. The predicted molar refractivity (Wildman–Crippen MR) is 369 cm³/mol. The summed E-state index contributed by atoms with van der Waals surface area (Å²) in [6.45, 7) is 7.84. The van der Waals surface area contributed by atoms with Crippen LogP contribution in [0.1, 0.15) is 144 Å². The number of carboxylic acid groups (broad SMARTS) is 1. The number of rotatable bonds is 27. The standard InChI is InChI=1S/C78H80N8O11/c87-68-46-51(30-33-80-77(91)57-25-28-60(63(49-57)78(92)93)71-64-47-55-15-8-36-84-38-10-17-61(72(55)84)74(64)97-75-62-18-11-39-85-37-9-16-56(73(62)85)48-65(71)75)20-29-66(68)83-82-59-26-23-54(24-27-59)76(90)81-35-43-94-40-6-1-7-41-95-44-45-96-42-32-69(88)79-34-31-70(89)86-50-58-14-3-2-12-52(58)21-22-53-13-4-5-19-67(53)86/h2-5,12-14,19-20,23-29,46-49H,1,6-11,15-18,30-45,50H2,(H4-,79,80,81,82,87,88,90,91,92,93)/p+1. The van der Waals surface area contributed by atoms with Crippen molar-refractivity contribution in [3.63, 3.8) is 0 Å². The van der Waals surface area contributed by atoms with Crippen LogP contribution in [-0.4, -0.2) is 125 Å². The van der Waals surface area contributed by atoms with E-state index in [4.69, 9.17) is 18.9 Å². The van der Waals surface area contributed by atoms with Crippen molar-refractivity contribution in [1.82, 2.24) is 20.5 Å². The van der Waals surface area contributed by atoms with Gasteiger partial charge in [-0.1, -0.05) is 54.3 Å². The first-order chi connectivity index (χ1) is 47.5. The second-order valence-corrected chi connectivity index (χ2v) is 25.4. The van der Waals surface area contributed by atoms with Gasteiger partial charge in [-0.25, -0.2) is 9.37 Å². The van der Waals surface area contributed by atoms with Gasteiger partial charge in [-0.3, -0.25) is 19.2 Å². The molecule has 19 heteroatoms. The number of hydrogen-bond donors (Lipinski definition) is 5. The molecule has 7 aromatic rings. The first kappa shape index (κ1) is 65.7. The SMILES string of the molecule is O=C(CCOCCOCCCCCOCCNC(=O)c1ccc(N=Nc2ccc(CCNC(=O)c3ccc(C4=c5cc6c7c(c5Oc5c4cc4c8c5CCCN8CCC4)CCC[N+]=7CCC6)c(C(=O)O)c3)cc2O)cc1)NCCC(=O)N1Cc2ccccc2C#Cc2ccccc21. The minimum atomic E-state index is -1.11. The molecule has 6 heterocycles. The van der Waals surface area contributed by atoms with Gasteiger partial charge in [0.25, 0.3) is 11.8 Å². The molecule has 0 spiro atoms. The van der Waals surface area contributed by atoms with Gasteiger partial charge >= 0.3 is 5.97 Å². The van der Waals surface area contributed by atoms with E-state index in [-0.39, 0.29) is 72.8 Å². The fourth-order valence-corrected chi connectivity index (χ4v) is 14.2. The van der Waals surface area contributed by atoms with Crippen LogP contribution in [0.15, 0.2) is 132 Å².